The summed E-state index contributed by atoms with van der Waals surface area (Å²) in [6, 6.07) is 13.2. The van der Waals surface area contributed by atoms with Crippen molar-refractivity contribution in [3.63, 3.8) is 0 Å². The van der Waals surface area contributed by atoms with Gasteiger partial charge in [0.2, 0.25) is 5.89 Å². The predicted molar refractivity (Wildman–Crippen MR) is 92.4 cm³/mol. The first-order valence-corrected chi connectivity index (χ1v) is 7.65. The molecular weight excluding hydrogens is 323 g/mol. The average molecular weight is 340 g/mol. The highest BCUT2D eigenvalue weighted by molar-refractivity contribution is 6.05. The van der Waals surface area contributed by atoms with Crippen LogP contribution in [0.25, 0.3) is 11.5 Å². The molecule has 3 rings (SSSR count). The van der Waals surface area contributed by atoms with Crippen molar-refractivity contribution in [2.45, 2.75) is 6.92 Å². The van der Waals surface area contributed by atoms with Gasteiger partial charge in [-0.25, -0.2) is 9.37 Å². The Morgan fingerprint density at radius 3 is 2.48 bits per heavy atom. The number of nitrogens with zero attached hydrogens (tertiary/aromatic N) is 2. The molecule has 0 aliphatic carbocycles. The van der Waals surface area contributed by atoms with E-state index in [1.807, 2.05) is 0 Å². The van der Waals surface area contributed by atoms with Gasteiger partial charge in [0.25, 0.3) is 5.91 Å². The van der Waals surface area contributed by atoms with Gasteiger partial charge in [-0.3, -0.25) is 4.79 Å². The zero-order valence-corrected chi connectivity index (χ0v) is 14.1. The van der Waals surface area contributed by atoms with Crippen molar-refractivity contribution in [2.24, 2.45) is 0 Å². The van der Waals surface area contributed by atoms with Gasteiger partial charge < -0.3 is 14.1 Å². The van der Waals surface area contributed by atoms with E-state index in [0.29, 0.717) is 17.4 Å². The summed E-state index contributed by atoms with van der Waals surface area (Å²) in [5.74, 6) is 0.494. The van der Waals surface area contributed by atoms with Gasteiger partial charge in [-0.2, -0.15) is 0 Å². The van der Waals surface area contributed by atoms with Crippen LogP contribution in [-0.4, -0.2) is 25.0 Å². The zero-order valence-electron chi connectivity index (χ0n) is 14.1. The number of hydrogen-bond acceptors (Lipinski definition) is 4. The van der Waals surface area contributed by atoms with Crippen LogP contribution < -0.4 is 9.64 Å². The fourth-order valence-electron chi connectivity index (χ4n) is 2.44. The minimum atomic E-state index is -0.477. The average Bonchev–Trinajstić information content (AvgIpc) is 3.02. The largest absolute Gasteiger partial charge is 0.497 e. The molecule has 1 amide bonds. The maximum absolute atomic E-state index is 13.9. The molecule has 0 aliphatic rings. The van der Waals surface area contributed by atoms with Crippen LogP contribution in [0.1, 0.15) is 16.2 Å². The molecule has 2 aromatic carbocycles. The van der Waals surface area contributed by atoms with Crippen molar-refractivity contribution in [3.05, 3.63) is 65.8 Å². The number of methoxy groups -OCH3 is 1. The van der Waals surface area contributed by atoms with Crippen molar-refractivity contribution in [2.75, 3.05) is 19.1 Å². The Kier molecular flexibility index (Phi) is 4.52. The lowest BCUT2D eigenvalue weighted by atomic mass is 10.2. The maximum atomic E-state index is 13.9. The fourth-order valence-corrected chi connectivity index (χ4v) is 2.44. The normalized spacial score (nSPS) is 10.6. The number of aryl methyl sites for hydroxylation is 1. The number of carbonyl (C=O) groups excluding carboxylic acids is 1. The molecule has 0 unspecified atom stereocenters. The van der Waals surface area contributed by atoms with Crippen LogP contribution in [0, 0.1) is 12.7 Å². The van der Waals surface area contributed by atoms with E-state index in [9.17, 15) is 9.18 Å². The number of oxazole rings is 1. The number of rotatable bonds is 4. The first-order chi connectivity index (χ1) is 12.0. The molecule has 3 aromatic rings. The molecule has 6 heteroatoms. The third kappa shape index (κ3) is 3.24. The first-order valence-electron chi connectivity index (χ1n) is 7.65. The van der Waals surface area contributed by atoms with Gasteiger partial charge in [-0.15, -0.1) is 0 Å². The van der Waals surface area contributed by atoms with Crippen LogP contribution in [0.4, 0.5) is 10.1 Å². The summed E-state index contributed by atoms with van der Waals surface area (Å²) in [7, 11) is 3.08. The Morgan fingerprint density at radius 1 is 1.16 bits per heavy atom. The zero-order chi connectivity index (χ0) is 18.0. The van der Waals surface area contributed by atoms with Crippen LogP contribution in [0.3, 0.4) is 0 Å². The molecule has 0 saturated heterocycles. The lowest BCUT2D eigenvalue weighted by Crippen LogP contribution is -2.28. The molecule has 128 valence electrons. The number of para-hydroxylation sites is 1. The van der Waals surface area contributed by atoms with Gasteiger partial charge in [0, 0.05) is 12.6 Å². The van der Waals surface area contributed by atoms with E-state index in [0.717, 1.165) is 5.56 Å². The summed E-state index contributed by atoms with van der Waals surface area (Å²) in [6.07, 6.45) is 0. The molecule has 5 nitrogen and oxygen atoms in total. The quantitative estimate of drug-likeness (QED) is 0.718. The van der Waals surface area contributed by atoms with E-state index in [1.54, 1.807) is 50.4 Å². The highest BCUT2D eigenvalue weighted by atomic mass is 19.1. The van der Waals surface area contributed by atoms with Crippen molar-refractivity contribution in [1.29, 1.82) is 0 Å². The van der Waals surface area contributed by atoms with Crippen molar-refractivity contribution in [1.82, 2.24) is 4.98 Å². The molecule has 0 N–H and O–H groups in total. The summed E-state index contributed by atoms with van der Waals surface area (Å²) >= 11 is 0. The summed E-state index contributed by atoms with van der Waals surface area (Å²) in [4.78, 5) is 18.2. The van der Waals surface area contributed by atoms with Crippen molar-refractivity contribution >= 4 is 11.6 Å². The van der Waals surface area contributed by atoms with Crippen LogP contribution in [-0.2, 0) is 0 Å². The summed E-state index contributed by atoms with van der Waals surface area (Å²) < 4.78 is 24.6. The van der Waals surface area contributed by atoms with Gasteiger partial charge in [0.15, 0.2) is 5.69 Å². The molecular formula is C19H17FN2O3. The molecule has 25 heavy (non-hydrogen) atoms. The third-order valence-corrected chi connectivity index (χ3v) is 3.85. The summed E-state index contributed by atoms with van der Waals surface area (Å²) in [5.41, 5.74) is 1.05. The Hall–Kier alpha value is -3.15. The second kappa shape index (κ2) is 6.76. The number of carbonyl (C=O) groups is 1. The highest BCUT2D eigenvalue weighted by Crippen LogP contribution is 2.26. The number of hydrogen-bond donors (Lipinski definition) is 0. The minimum Gasteiger partial charge on any atom is -0.497 e. The van der Waals surface area contributed by atoms with Gasteiger partial charge in [0.05, 0.1) is 12.8 Å². The number of anilines is 1. The van der Waals surface area contributed by atoms with Gasteiger partial charge in [-0.1, -0.05) is 12.1 Å². The van der Waals surface area contributed by atoms with Gasteiger partial charge in [0.1, 0.15) is 17.3 Å². The van der Waals surface area contributed by atoms with Crippen LogP contribution in [0.5, 0.6) is 5.75 Å². The second-order valence-electron chi connectivity index (χ2n) is 5.47. The summed E-state index contributed by atoms with van der Waals surface area (Å²) in [5, 5.41) is 0. The molecule has 1 aromatic heterocycles. The Bertz CT molecular complexity index is 903. The number of halogens is 1. The minimum absolute atomic E-state index is 0.150. The predicted octanol–water partition coefficient (Wildman–Crippen LogP) is 4.07. The number of amides is 1. The van der Waals surface area contributed by atoms with E-state index in [1.165, 1.54) is 24.1 Å². The molecule has 1 heterocycles. The number of ether oxygens (including phenoxy) is 1. The van der Waals surface area contributed by atoms with Crippen LogP contribution in [0.2, 0.25) is 0 Å². The molecule has 0 saturated carbocycles. The second-order valence-corrected chi connectivity index (χ2v) is 5.47. The first kappa shape index (κ1) is 16.7. The molecule has 0 aliphatic heterocycles. The fraction of sp³-hybridized carbons (Fsp3) is 0.158. The SMILES string of the molecule is COc1ccc(-c2nc(C(=O)N(C)c3ccccc3F)c(C)o2)cc1. The topological polar surface area (TPSA) is 55.6 Å². The molecule has 0 fully saturated rings. The van der Waals surface area contributed by atoms with E-state index >= 15 is 0 Å². The van der Waals surface area contributed by atoms with E-state index in [4.69, 9.17) is 9.15 Å². The smallest absolute Gasteiger partial charge is 0.280 e. The third-order valence-electron chi connectivity index (χ3n) is 3.85. The maximum Gasteiger partial charge on any atom is 0.280 e. The van der Waals surface area contributed by atoms with Crippen molar-refractivity contribution in [3.8, 4) is 17.2 Å². The Morgan fingerprint density at radius 2 is 1.84 bits per heavy atom. The molecule has 0 atom stereocenters. The summed E-state index contributed by atoms with van der Waals surface area (Å²) in [6.45, 7) is 1.66. The highest BCUT2D eigenvalue weighted by Gasteiger charge is 2.23. The van der Waals surface area contributed by atoms with Crippen molar-refractivity contribution < 1.29 is 18.3 Å². The number of aromatic nitrogens is 1. The Labute approximate surface area is 144 Å². The molecule has 0 spiro atoms. The van der Waals surface area contributed by atoms with Gasteiger partial charge in [-0.05, 0) is 43.3 Å². The van der Waals surface area contributed by atoms with E-state index < -0.39 is 11.7 Å². The van der Waals surface area contributed by atoms with Crippen LogP contribution >= 0.6 is 0 Å². The van der Waals surface area contributed by atoms with E-state index in [-0.39, 0.29) is 11.4 Å². The lowest BCUT2D eigenvalue weighted by Gasteiger charge is -2.16. The monoisotopic (exact) mass is 340 g/mol. The Balaban J connectivity index is 1.91. The number of benzene rings is 2. The standard InChI is InChI=1S/C19H17FN2O3/c1-12-17(19(23)22(2)16-7-5-4-6-15(16)20)21-18(25-12)13-8-10-14(24-3)11-9-13/h4-11H,1-3H3. The van der Waals surface area contributed by atoms with Crippen LogP contribution in [0.15, 0.2) is 52.9 Å². The lowest BCUT2D eigenvalue weighted by molar-refractivity contribution is 0.0986. The molecule has 0 bridgehead atoms. The molecule has 0 radical (unpaired) electrons. The van der Waals surface area contributed by atoms with E-state index in [2.05, 4.69) is 4.98 Å². The van der Waals surface area contributed by atoms with Gasteiger partial charge >= 0.3 is 0 Å².